The van der Waals surface area contributed by atoms with Gasteiger partial charge in [-0.25, -0.2) is 0 Å². The maximum atomic E-state index is 11.3. The molecule has 17 heavy (non-hydrogen) atoms. The summed E-state index contributed by atoms with van der Waals surface area (Å²) in [4.78, 5) is 25.7. The molecule has 1 heterocycles. The summed E-state index contributed by atoms with van der Waals surface area (Å²) >= 11 is 0. The van der Waals surface area contributed by atoms with E-state index in [-0.39, 0.29) is 5.41 Å². The fourth-order valence-corrected chi connectivity index (χ4v) is 1.86. The van der Waals surface area contributed by atoms with Crippen LogP contribution in [0.25, 0.3) is 0 Å². The molecule has 1 aromatic rings. The number of carbonyl (C=O) groups excluding carboxylic acids is 1. The smallest absolute Gasteiger partial charge is 0.312 e. The van der Waals surface area contributed by atoms with Crippen molar-refractivity contribution in [2.24, 2.45) is 0 Å². The molecule has 1 amide bonds. The van der Waals surface area contributed by atoms with Gasteiger partial charge in [-0.2, -0.15) is 0 Å². The van der Waals surface area contributed by atoms with E-state index in [0.717, 1.165) is 18.4 Å². The summed E-state index contributed by atoms with van der Waals surface area (Å²) in [5.74, 6) is -1.54. The first-order valence-electron chi connectivity index (χ1n) is 5.51. The highest BCUT2D eigenvalue weighted by molar-refractivity contribution is 5.93. The van der Waals surface area contributed by atoms with E-state index in [1.807, 2.05) is 12.1 Å². The highest BCUT2D eigenvalue weighted by Gasteiger charge is 2.44. The van der Waals surface area contributed by atoms with Gasteiger partial charge in [0.2, 0.25) is 5.91 Å². The number of amides is 1. The molecule has 0 bridgehead atoms. The molecule has 0 saturated heterocycles. The molecule has 0 aromatic carbocycles. The van der Waals surface area contributed by atoms with Gasteiger partial charge in [0.15, 0.2) is 0 Å². The minimum absolute atomic E-state index is 0.0254. The van der Waals surface area contributed by atoms with Crippen LogP contribution in [-0.2, 0) is 15.0 Å². The molecule has 2 N–H and O–H groups in total. The van der Waals surface area contributed by atoms with Gasteiger partial charge >= 0.3 is 5.97 Å². The molecule has 1 fully saturated rings. The van der Waals surface area contributed by atoms with Crippen LogP contribution in [0.3, 0.4) is 0 Å². The molecule has 1 saturated carbocycles. The van der Waals surface area contributed by atoms with Crippen molar-refractivity contribution in [3.05, 3.63) is 30.1 Å². The van der Waals surface area contributed by atoms with Crippen molar-refractivity contribution >= 4 is 11.9 Å². The summed E-state index contributed by atoms with van der Waals surface area (Å²) in [6.45, 7) is 0.491. The number of hydrogen-bond acceptors (Lipinski definition) is 3. The van der Waals surface area contributed by atoms with Gasteiger partial charge < -0.3 is 10.4 Å². The maximum Gasteiger partial charge on any atom is 0.312 e. The minimum atomic E-state index is -1.10. The number of carboxylic acid groups (broad SMARTS) is 1. The normalized spacial score (nSPS) is 16.2. The van der Waals surface area contributed by atoms with Gasteiger partial charge in [-0.1, -0.05) is 6.07 Å². The fraction of sp³-hybridized carbons (Fsp3) is 0.417. The molecule has 5 heteroatoms. The number of hydrogen-bond donors (Lipinski definition) is 2. The lowest BCUT2D eigenvalue weighted by atomic mass is 9.98. The number of pyridine rings is 1. The van der Waals surface area contributed by atoms with Crippen LogP contribution in [-0.4, -0.2) is 28.5 Å². The predicted octanol–water partition coefficient (Wildman–Crippen LogP) is 0.704. The lowest BCUT2D eigenvalue weighted by Crippen LogP contribution is -2.33. The minimum Gasteiger partial charge on any atom is -0.481 e. The Morgan fingerprint density at radius 2 is 2.24 bits per heavy atom. The van der Waals surface area contributed by atoms with Gasteiger partial charge in [0.25, 0.3) is 0 Å². The fourth-order valence-electron chi connectivity index (χ4n) is 1.86. The third-order valence-corrected chi connectivity index (χ3v) is 3.06. The van der Waals surface area contributed by atoms with Crippen molar-refractivity contribution in [3.63, 3.8) is 0 Å². The monoisotopic (exact) mass is 234 g/mol. The molecule has 0 radical (unpaired) electrons. The Hall–Kier alpha value is -1.91. The molecule has 0 aliphatic heterocycles. The number of nitrogens with zero attached hydrogens (tertiary/aromatic N) is 1. The Balaban J connectivity index is 1.91. The predicted molar refractivity (Wildman–Crippen MR) is 60.4 cm³/mol. The number of aromatic nitrogens is 1. The van der Waals surface area contributed by atoms with Crippen LogP contribution < -0.4 is 5.32 Å². The van der Waals surface area contributed by atoms with Gasteiger partial charge in [0, 0.05) is 24.4 Å². The molecule has 1 aliphatic carbocycles. The largest absolute Gasteiger partial charge is 0.481 e. The number of carboxylic acids is 1. The van der Waals surface area contributed by atoms with E-state index < -0.39 is 18.3 Å². The Bertz CT molecular complexity index is 427. The zero-order chi connectivity index (χ0) is 12.3. The molecular formula is C12H14N2O3. The van der Waals surface area contributed by atoms with E-state index in [9.17, 15) is 9.59 Å². The first-order valence-corrected chi connectivity index (χ1v) is 5.51. The third-order valence-electron chi connectivity index (χ3n) is 3.06. The summed E-state index contributed by atoms with van der Waals surface area (Å²) in [6, 6.07) is 3.86. The number of carbonyl (C=O) groups is 2. The Morgan fingerprint density at radius 3 is 2.76 bits per heavy atom. The molecule has 5 nitrogen and oxygen atoms in total. The topological polar surface area (TPSA) is 79.3 Å². The van der Waals surface area contributed by atoms with Gasteiger partial charge in [-0.3, -0.25) is 14.6 Å². The van der Waals surface area contributed by atoms with Gasteiger partial charge in [-0.05, 0) is 24.5 Å². The zero-order valence-electron chi connectivity index (χ0n) is 9.35. The second-order valence-electron chi connectivity index (χ2n) is 4.37. The van der Waals surface area contributed by atoms with Crippen LogP contribution in [0, 0.1) is 0 Å². The van der Waals surface area contributed by atoms with Crippen LogP contribution in [0.2, 0.25) is 0 Å². The van der Waals surface area contributed by atoms with Crippen LogP contribution in [0.5, 0.6) is 0 Å². The molecule has 0 spiro atoms. The van der Waals surface area contributed by atoms with E-state index in [1.165, 1.54) is 0 Å². The second-order valence-corrected chi connectivity index (χ2v) is 4.37. The lowest BCUT2D eigenvalue weighted by molar-refractivity contribution is -0.140. The summed E-state index contributed by atoms with van der Waals surface area (Å²) in [6.07, 6.45) is 5.06. The van der Waals surface area contributed by atoms with Crippen molar-refractivity contribution in [2.75, 3.05) is 6.54 Å². The maximum absolute atomic E-state index is 11.3. The number of nitrogens with one attached hydrogen (secondary N) is 1. The lowest BCUT2D eigenvalue weighted by Gasteiger charge is -2.15. The Morgan fingerprint density at radius 1 is 1.47 bits per heavy atom. The summed E-state index contributed by atoms with van der Waals surface area (Å²) < 4.78 is 0. The highest BCUT2D eigenvalue weighted by atomic mass is 16.4. The third kappa shape index (κ3) is 2.81. The second kappa shape index (κ2) is 4.53. The Labute approximate surface area is 98.9 Å². The van der Waals surface area contributed by atoms with Gasteiger partial charge in [0.05, 0.1) is 0 Å². The Kier molecular flexibility index (Phi) is 3.08. The molecule has 2 rings (SSSR count). The average Bonchev–Trinajstić information content (AvgIpc) is 3.08. The van der Waals surface area contributed by atoms with Crippen molar-refractivity contribution in [2.45, 2.75) is 24.7 Å². The van der Waals surface area contributed by atoms with E-state index >= 15 is 0 Å². The highest BCUT2D eigenvalue weighted by Crippen LogP contribution is 2.47. The van der Waals surface area contributed by atoms with Crippen LogP contribution in [0.15, 0.2) is 24.5 Å². The van der Waals surface area contributed by atoms with E-state index in [0.29, 0.717) is 6.54 Å². The van der Waals surface area contributed by atoms with E-state index in [4.69, 9.17) is 5.11 Å². The molecule has 1 aromatic heterocycles. The summed E-state index contributed by atoms with van der Waals surface area (Å²) in [5, 5.41) is 11.1. The van der Waals surface area contributed by atoms with Crippen LogP contribution in [0.1, 0.15) is 24.8 Å². The molecule has 90 valence electrons. The van der Waals surface area contributed by atoms with E-state index in [2.05, 4.69) is 10.3 Å². The van der Waals surface area contributed by atoms with E-state index in [1.54, 1.807) is 12.4 Å². The van der Waals surface area contributed by atoms with Gasteiger partial charge in [-0.15, -0.1) is 0 Å². The SMILES string of the molecule is O=C(O)CC(=O)NCC1(c2cccnc2)CC1. The van der Waals surface area contributed by atoms with Crippen molar-refractivity contribution in [1.82, 2.24) is 10.3 Å². The molecule has 0 atom stereocenters. The van der Waals surface area contributed by atoms with Gasteiger partial charge in [0.1, 0.15) is 6.42 Å². The first-order chi connectivity index (χ1) is 8.12. The average molecular weight is 234 g/mol. The molecule has 0 unspecified atom stereocenters. The molecule has 1 aliphatic rings. The number of rotatable bonds is 5. The zero-order valence-corrected chi connectivity index (χ0v) is 9.35. The van der Waals surface area contributed by atoms with Crippen LogP contribution in [0.4, 0.5) is 0 Å². The standard InChI is InChI=1S/C12H14N2O3/c15-10(6-11(16)17)14-8-12(3-4-12)9-2-1-5-13-7-9/h1-2,5,7H,3-4,6,8H2,(H,14,15)(H,16,17). The van der Waals surface area contributed by atoms with Crippen LogP contribution >= 0.6 is 0 Å². The molecular weight excluding hydrogens is 220 g/mol. The number of aliphatic carboxylic acids is 1. The quantitative estimate of drug-likeness (QED) is 0.735. The summed E-state index contributed by atoms with van der Waals surface area (Å²) in [5.41, 5.74) is 1.08. The van der Waals surface area contributed by atoms with Crippen molar-refractivity contribution in [1.29, 1.82) is 0 Å². The first kappa shape index (κ1) is 11.6. The summed E-state index contributed by atoms with van der Waals surface area (Å²) in [7, 11) is 0. The van der Waals surface area contributed by atoms with Crippen molar-refractivity contribution < 1.29 is 14.7 Å². The van der Waals surface area contributed by atoms with Crippen molar-refractivity contribution in [3.8, 4) is 0 Å².